The maximum Gasteiger partial charge on any atom is 0.310 e. The van der Waals surface area contributed by atoms with Crippen LogP contribution in [0.4, 0.5) is 0 Å². The van der Waals surface area contributed by atoms with Gasteiger partial charge in [-0.15, -0.1) is 0 Å². The smallest absolute Gasteiger partial charge is 0.310 e. The fraction of sp³-hybridized carbons (Fsp3) is 0.345. The van der Waals surface area contributed by atoms with Crippen LogP contribution in [-0.2, 0) is 14.0 Å². The zero-order valence-electron chi connectivity index (χ0n) is 20.0. The van der Waals surface area contributed by atoms with Crippen molar-refractivity contribution in [1.29, 1.82) is 0 Å². The van der Waals surface area contributed by atoms with Crippen LogP contribution in [0.25, 0.3) is 0 Å². The topological polar surface area (TPSA) is 35.5 Å². The lowest BCUT2D eigenvalue weighted by atomic mass is 9.86. The van der Waals surface area contributed by atoms with E-state index in [1.54, 1.807) is 0 Å². The second kappa shape index (κ2) is 9.66. The van der Waals surface area contributed by atoms with Gasteiger partial charge in [-0.25, -0.2) is 0 Å². The van der Waals surface area contributed by atoms with E-state index in [-0.39, 0.29) is 28.9 Å². The zero-order chi connectivity index (χ0) is 23.5. The molecule has 0 N–H and O–H groups in total. The van der Waals surface area contributed by atoms with Gasteiger partial charge in [-0.1, -0.05) is 119 Å². The molecule has 3 aromatic rings. The highest BCUT2D eigenvalue weighted by Crippen LogP contribution is 2.39. The molecule has 3 aromatic carbocycles. The van der Waals surface area contributed by atoms with Gasteiger partial charge in [-0.3, -0.25) is 4.79 Å². The van der Waals surface area contributed by atoms with E-state index in [0.29, 0.717) is 13.0 Å². The van der Waals surface area contributed by atoms with E-state index in [1.807, 2.05) is 30.3 Å². The van der Waals surface area contributed by atoms with Crippen LogP contribution in [0.15, 0.2) is 91.0 Å². The van der Waals surface area contributed by atoms with Crippen LogP contribution in [0, 0.1) is 5.92 Å². The van der Waals surface area contributed by atoms with Crippen molar-refractivity contribution in [2.45, 2.75) is 51.2 Å². The Hall–Kier alpha value is -2.69. The molecule has 1 fully saturated rings. The van der Waals surface area contributed by atoms with Crippen molar-refractivity contribution in [2.24, 2.45) is 5.92 Å². The Morgan fingerprint density at radius 1 is 0.879 bits per heavy atom. The first kappa shape index (κ1) is 23.5. The van der Waals surface area contributed by atoms with Crippen molar-refractivity contribution in [2.75, 3.05) is 6.61 Å². The maximum atomic E-state index is 12.8. The number of hydrogen-bond donors (Lipinski definition) is 0. The molecule has 3 nitrogen and oxygen atoms in total. The molecular weight excluding hydrogens is 424 g/mol. The third-order valence-electron chi connectivity index (χ3n) is 6.93. The predicted octanol–water partition coefficient (Wildman–Crippen LogP) is 5.30. The van der Waals surface area contributed by atoms with Gasteiger partial charge in [0.05, 0.1) is 12.5 Å². The number of hydrogen-bond acceptors (Lipinski definition) is 3. The van der Waals surface area contributed by atoms with E-state index in [9.17, 15) is 4.79 Å². The number of cyclic esters (lactones) is 1. The molecule has 1 saturated heterocycles. The molecule has 0 spiro atoms. The number of carbonyl (C=O) groups is 1. The highest BCUT2D eigenvalue weighted by molar-refractivity contribution is 6.99. The molecule has 1 aliphatic rings. The lowest BCUT2D eigenvalue weighted by molar-refractivity contribution is -0.145. The van der Waals surface area contributed by atoms with E-state index in [0.717, 1.165) is 0 Å². The lowest BCUT2D eigenvalue weighted by Crippen LogP contribution is -2.67. The number of carbonyl (C=O) groups excluding carboxylic acids is 1. The average Bonchev–Trinajstić information content (AvgIpc) is 3.20. The van der Waals surface area contributed by atoms with Gasteiger partial charge in [0, 0.05) is 6.42 Å². The SMILES string of the molecule is CC(c1ccccc1)C1C[C@@H](CO[Si](c2ccccc2)(c2ccccc2)C(C)(C)C)OC1=O. The van der Waals surface area contributed by atoms with Gasteiger partial charge in [0.25, 0.3) is 8.32 Å². The fourth-order valence-electron chi connectivity index (χ4n) is 5.16. The van der Waals surface area contributed by atoms with E-state index >= 15 is 0 Å². The van der Waals surface area contributed by atoms with Crippen LogP contribution >= 0.6 is 0 Å². The van der Waals surface area contributed by atoms with Crippen molar-refractivity contribution < 1.29 is 14.0 Å². The van der Waals surface area contributed by atoms with E-state index in [1.165, 1.54) is 15.9 Å². The summed E-state index contributed by atoms with van der Waals surface area (Å²) in [5.74, 6) is -0.126. The Morgan fingerprint density at radius 2 is 1.36 bits per heavy atom. The monoisotopic (exact) mass is 458 g/mol. The van der Waals surface area contributed by atoms with Crippen LogP contribution in [0.5, 0.6) is 0 Å². The first-order chi connectivity index (χ1) is 15.8. The Kier molecular flexibility index (Phi) is 6.87. The normalized spacial score (nSPS) is 19.8. The van der Waals surface area contributed by atoms with Gasteiger partial charge < -0.3 is 9.16 Å². The molecule has 33 heavy (non-hydrogen) atoms. The fourth-order valence-corrected chi connectivity index (χ4v) is 9.75. The second-order valence-corrected chi connectivity index (χ2v) is 14.4. The maximum absolute atomic E-state index is 12.8. The molecule has 3 atom stereocenters. The van der Waals surface area contributed by atoms with Crippen molar-refractivity contribution in [3.05, 3.63) is 96.6 Å². The molecule has 0 saturated carbocycles. The van der Waals surface area contributed by atoms with Crippen LogP contribution in [0.1, 0.15) is 45.6 Å². The lowest BCUT2D eigenvalue weighted by Gasteiger charge is -2.43. The summed E-state index contributed by atoms with van der Waals surface area (Å²) >= 11 is 0. The van der Waals surface area contributed by atoms with Gasteiger partial charge in [-0.2, -0.15) is 0 Å². The van der Waals surface area contributed by atoms with E-state index in [2.05, 4.69) is 88.4 Å². The summed E-state index contributed by atoms with van der Waals surface area (Å²) < 4.78 is 12.8. The molecule has 0 aromatic heterocycles. The highest BCUT2D eigenvalue weighted by atomic mass is 28.4. The Labute approximate surface area is 198 Å². The molecule has 4 rings (SSSR count). The molecule has 0 amide bonds. The van der Waals surface area contributed by atoms with Crippen molar-refractivity contribution >= 4 is 24.7 Å². The second-order valence-electron chi connectivity index (χ2n) is 10.1. The van der Waals surface area contributed by atoms with Gasteiger partial charge in [-0.05, 0) is 26.9 Å². The standard InChI is InChI=1S/C29H34O3Si/c1-22(23-14-8-5-9-15-23)27-20-24(32-28(27)30)21-31-33(29(2,3)4,25-16-10-6-11-17-25)26-18-12-7-13-19-26/h5-19,22,24,27H,20-21H2,1-4H3/t22?,24-,27?/m0/s1. The molecule has 1 aliphatic heterocycles. The summed E-state index contributed by atoms with van der Waals surface area (Å²) in [4.78, 5) is 12.8. The van der Waals surface area contributed by atoms with E-state index in [4.69, 9.17) is 9.16 Å². The molecule has 0 bridgehead atoms. The minimum Gasteiger partial charge on any atom is -0.460 e. The Morgan fingerprint density at radius 3 is 1.85 bits per heavy atom. The predicted molar refractivity (Wildman–Crippen MR) is 136 cm³/mol. The summed E-state index contributed by atoms with van der Waals surface area (Å²) in [7, 11) is -2.64. The first-order valence-corrected chi connectivity index (χ1v) is 13.7. The molecular formula is C29H34O3Si. The highest BCUT2D eigenvalue weighted by Gasteiger charge is 2.51. The third kappa shape index (κ3) is 4.68. The minimum atomic E-state index is -2.64. The molecule has 1 heterocycles. The molecule has 172 valence electrons. The summed E-state index contributed by atoms with van der Waals surface area (Å²) in [6, 6.07) is 31.4. The van der Waals surface area contributed by atoms with Crippen LogP contribution in [0.2, 0.25) is 5.04 Å². The Balaban J connectivity index is 1.60. The first-order valence-electron chi connectivity index (χ1n) is 11.8. The Bertz CT molecular complexity index is 1000. The van der Waals surface area contributed by atoms with Crippen LogP contribution < -0.4 is 10.4 Å². The summed E-state index contributed by atoms with van der Waals surface area (Å²) in [5, 5.41) is 2.37. The third-order valence-corrected chi connectivity index (χ3v) is 11.9. The quantitative estimate of drug-likeness (QED) is 0.356. The van der Waals surface area contributed by atoms with Crippen molar-refractivity contribution in [3.8, 4) is 0 Å². The largest absolute Gasteiger partial charge is 0.460 e. The van der Waals surface area contributed by atoms with Crippen molar-refractivity contribution in [1.82, 2.24) is 0 Å². The zero-order valence-corrected chi connectivity index (χ0v) is 21.0. The van der Waals surface area contributed by atoms with Crippen molar-refractivity contribution in [3.63, 3.8) is 0 Å². The van der Waals surface area contributed by atoms with Crippen LogP contribution in [-0.4, -0.2) is 27.0 Å². The van der Waals surface area contributed by atoms with Gasteiger partial charge in [0.1, 0.15) is 6.10 Å². The van der Waals surface area contributed by atoms with E-state index < -0.39 is 8.32 Å². The van der Waals surface area contributed by atoms with Crippen LogP contribution in [0.3, 0.4) is 0 Å². The molecule has 4 heteroatoms. The molecule has 2 unspecified atom stereocenters. The van der Waals surface area contributed by atoms with Gasteiger partial charge in [0.15, 0.2) is 0 Å². The number of esters is 1. The average molecular weight is 459 g/mol. The summed E-state index contributed by atoms with van der Waals surface area (Å²) in [6.07, 6.45) is 0.461. The van der Waals surface area contributed by atoms with Gasteiger partial charge >= 0.3 is 5.97 Å². The molecule has 0 aliphatic carbocycles. The minimum absolute atomic E-state index is 0.102. The summed E-state index contributed by atoms with van der Waals surface area (Å²) in [6.45, 7) is 9.32. The number of ether oxygens (including phenoxy) is 1. The van der Waals surface area contributed by atoms with Gasteiger partial charge in [0.2, 0.25) is 0 Å². The number of rotatable bonds is 7. The number of benzene rings is 3. The summed E-state index contributed by atoms with van der Waals surface area (Å²) in [5.41, 5.74) is 1.17. The molecule has 0 radical (unpaired) electrons.